The first-order chi connectivity index (χ1) is 36.4. The number of aliphatic hydroxyl groups excluding tert-OH is 1. The number of benzene rings is 3. The summed E-state index contributed by atoms with van der Waals surface area (Å²) in [6.45, 7) is 13.2. The predicted molar refractivity (Wildman–Crippen MR) is 283 cm³/mol. The number of anilines is 1. The molecule has 9 rings (SSSR count). The van der Waals surface area contributed by atoms with Crippen LogP contribution in [0.4, 0.5) is 14.6 Å². The fourth-order valence-electron chi connectivity index (χ4n) is 11.6. The quantitative estimate of drug-likeness (QED) is 0.101. The van der Waals surface area contributed by atoms with Gasteiger partial charge in [0.15, 0.2) is 0 Å². The molecule has 4 saturated heterocycles. The highest BCUT2D eigenvalue weighted by Gasteiger charge is 2.36. The van der Waals surface area contributed by atoms with Crippen molar-refractivity contribution in [3.05, 3.63) is 123 Å². The third kappa shape index (κ3) is 13.9. The van der Waals surface area contributed by atoms with Crippen LogP contribution in [-0.4, -0.2) is 181 Å². The van der Waals surface area contributed by atoms with Crippen molar-refractivity contribution in [2.45, 2.75) is 69.4 Å². The fourth-order valence-corrected chi connectivity index (χ4v) is 11.8. The Bertz CT molecular complexity index is 2610. The second-order valence-electron chi connectivity index (χ2n) is 21.1. The first kappa shape index (κ1) is 54.2. The van der Waals surface area contributed by atoms with Crippen LogP contribution >= 0.6 is 11.6 Å². The summed E-state index contributed by atoms with van der Waals surface area (Å²) in [5.74, 6) is -0.0580. The van der Waals surface area contributed by atoms with E-state index in [1.54, 1.807) is 0 Å². The zero-order valence-electron chi connectivity index (χ0n) is 43.1. The standard InChI is InChI=1S/C56H72ClF2N11O5/c1-38-28-49(71)53-52(38)54(64-37-63-53)67-24-26-69(27-25-67)56(75)47(40-7-10-45(57)11-8-40)32-60-15-16-62-50(72)36-65-18-13-39(14-19-65)34-66-20-22-68(23-21-66)55(74)42-5-2-4-41(29-42)44-6-3-17-70(35-44)51(73)33-61-31-43-9-12-46(58)30-48(43)59/h2,4-5,7-12,29-30,37-39,44,47,49,60-61,71H,3,6,13-28,31-36H2,1H3,(H,62,72)/t38-,44?,47-,49-/m1/s1. The zero-order valence-corrected chi connectivity index (χ0v) is 43.8. The van der Waals surface area contributed by atoms with E-state index in [4.69, 9.17) is 11.6 Å². The third-order valence-corrected chi connectivity index (χ3v) is 16.2. The van der Waals surface area contributed by atoms with Crippen molar-refractivity contribution >= 4 is 41.0 Å². The van der Waals surface area contributed by atoms with Gasteiger partial charge in [0, 0.05) is 132 Å². The molecule has 1 unspecified atom stereocenters. The summed E-state index contributed by atoms with van der Waals surface area (Å²) in [6, 6.07) is 18.7. The molecule has 402 valence electrons. The van der Waals surface area contributed by atoms with Crippen LogP contribution in [-0.2, 0) is 20.9 Å². The van der Waals surface area contributed by atoms with Gasteiger partial charge in [-0.3, -0.25) is 29.0 Å². The highest BCUT2D eigenvalue weighted by atomic mass is 35.5. The average molecular weight is 1050 g/mol. The Hall–Kier alpha value is -5.63. The van der Waals surface area contributed by atoms with E-state index in [-0.39, 0.29) is 48.6 Å². The monoisotopic (exact) mass is 1050 g/mol. The van der Waals surface area contributed by atoms with E-state index in [0.717, 1.165) is 87.0 Å². The molecule has 5 aliphatic rings. The van der Waals surface area contributed by atoms with Crippen molar-refractivity contribution in [3.63, 3.8) is 0 Å². The predicted octanol–water partition coefficient (Wildman–Crippen LogP) is 4.75. The van der Waals surface area contributed by atoms with Crippen molar-refractivity contribution in [2.75, 3.05) is 123 Å². The number of carbonyl (C=O) groups excluding carboxylic acids is 4. The highest BCUT2D eigenvalue weighted by Crippen LogP contribution is 2.43. The first-order valence-electron chi connectivity index (χ1n) is 26.9. The molecule has 4 N–H and O–H groups in total. The fraction of sp³-hybridized carbons (Fsp3) is 0.536. The molecule has 4 fully saturated rings. The Labute approximate surface area is 444 Å². The van der Waals surface area contributed by atoms with Crippen LogP contribution in [0.1, 0.15) is 101 Å². The van der Waals surface area contributed by atoms with E-state index in [9.17, 15) is 33.1 Å². The summed E-state index contributed by atoms with van der Waals surface area (Å²) in [6.07, 6.45) is 5.38. The lowest BCUT2D eigenvalue weighted by Crippen LogP contribution is -2.51. The van der Waals surface area contributed by atoms with Gasteiger partial charge >= 0.3 is 0 Å². The number of hydrogen-bond donors (Lipinski definition) is 4. The van der Waals surface area contributed by atoms with Gasteiger partial charge in [0.25, 0.3) is 5.91 Å². The lowest BCUT2D eigenvalue weighted by Gasteiger charge is -2.39. The van der Waals surface area contributed by atoms with Gasteiger partial charge in [0.2, 0.25) is 17.7 Å². The smallest absolute Gasteiger partial charge is 0.253 e. The van der Waals surface area contributed by atoms with Gasteiger partial charge in [-0.25, -0.2) is 18.7 Å². The van der Waals surface area contributed by atoms with Gasteiger partial charge in [0.05, 0.1) is 30.8 Å². The normalized spacial score (nSPS) is 21.3. The molecule has 19 heteroatoms. The van der Waals surface area contributed by atoms with Crippen molar-refractivity contribution in [1.82, 2.24) is 50.4 Å². The van der Waals surface area contributed by atoms with Gasteiger partial charge < -0.3 is 40.7 Å². The van der Waals surface area contributed by atoms with Crippen LogP contribution in [0.2, 0.25) is 5.02 Å². The van der Waals surface area contributed by atoms with E-state index in [2.05, 4.69) is 47.5 Å². The van der Waals surface area contributed by atoms with E-state index >= 15 is 0 Å². The molecule has 4 amide bonds. The van der Waals surface area contributed by atoms with Crippen molar-refractivity contribution in [2.24, 2.45) is 5.92 Å². The lowest BCUT2D eigenvalue weighted by molar-refractivity contribution is -0.133. The number of piperazine rings is 2. The van der Waals surface area contributed by atoms with Crippen molar-refractivity contribution in [1.29, 1.82) is 0 Å². The number of hydrogen-bond acceptors (Lipinski definition) is 12. The molecule has 16 nitrogen and oxygen atoms in total. The minimum Gasteiger partial charge on any atom is -0.387 e. The van der Waals surface area contributed by atoms with Crippen LogP contribution in [0.3, 0.4) is 0 Å². The van der Waals surface area contributed by atoms with Gasteiger partial charge in [0.1, 0.15) is 23.8 Å². The lowest BCUT2D eigenvalue weighted by atomic mass is 9.89. The van der Waals surface area contributed by atoms with Gasteiger partial charge in [-0.15, -0.1) is 0 Å². The number of fused-ring (bicyclic) bond motifs is 1. The Morgan fingerprint density at radius 3 is 2.32 bits per heavy atom. The van der Waals surface area contributed by atoms with Crippen LogP contribution in [0, 0.1) is 17.6 Å². The average Bonchev–Trinajstić information content (AvgIpc) is 3.73. The second-order valence-corrected chi connectivity index (χ2v) is 21.5. The number of aliphatic hydroxyl groups is 1. The van der Waals surface area contributed by atoms with Crippen molar-refractivity contribution < 1.29 is 33.1 Å². The number of nitrogens with one attached hydrogen (secondary N) is 3. The van der Waals surface area contributed by atoms with E-state index < -0.39 is 23.7 Å². The SMILES string of the molecule is C[C@@H]1C[C@@H](O)c2ncnc(N3CCN(C(=O)[C@H](CNCCNC(=O)CN4CCC(CN5CCN(C(=O)c6cccc(C7CCCN(C(=O)CNCc8ccc(F)cc8F)C7)c6)CC5)CC4)c4ccc(Cl)cc4)CC3)c21. The van der Waals surface area contributed by atoms with E-state index in [0.29, 0.717) is 113 Å². The zero-order chi connectivity index (χ0) is 52.4. The number of carbonyl (C=O) groups is 4. The largest absolute Gasteiger partial charge is 0.387 e. The molecule has 0 bridgehead atoms. The van der Waals surface area contributed by atoms with Crippen LogP contribution in [0.5, 0.6) is 0 Å². The van der Waals surface area contributed by atoms with Crippen LogP contribution < -0.4 is 20.9 Å². The molecule has 4 aliphatic heterocycles. The van der Waals surface area contributed by atoms with Gasteiger partial charge in [-0.2, -0.15) is 0 Å². The number of amides is 4. The number of halogens is 3. The summed E-state index contributed by atoms with van der Waals surface area (Å²) in [7, 11) is 0. The summed E-state index contributed by atoms with van der Waals surface area (Å²) in [5.41, 5.74) is 4.62. The minimum absolute atomic E-state index is 0.0117. The Balaban J connectivity index is 0.652. The summed E-state index contributed by atoms with van der Waals surface area (Å²) >= 11 is 6.23. The molecule has 0 saturated carbocycles. The molecule has 4 aromatic rings. The molecule has 4 atom stereocenters. The molecule has 75 heavy (non-hydrogen) atoms. The Kier molecular flexibility index (Phi) is 18.4. The maximum absolute atomic E-state index is 14.1. The third-order valence-electron chi connectivity index (χ3n) is 15.9. The molecule has 1 aliphatic carbocycles. The molecule has 3 aromatic carbocycles. The number of nitrogens with zero attached hydrogens (tertiary/aromatic N) is 8. The summed E-state index contributed by atoms with van der Waals surface area (Å²) < 4.78 is 27.3. The second kappa shape index (κ2) is 25.5. The summed E-state index contributed by atoms with van der Waals surface area (Å²) in [4.78, 5) is 75.6. The Morgan fingerprint density at radius 2 is 1.56 bits per heavy atom. The topological polar surface area (TPSA) is 170 Å². The van der Waals surface area contributed by atoms with Crippen molar-refractivity contribution in [3.8, 4) is 0 Å². The minimum atomic E-state index is -0.640. The molecule has 0 radical (unpaired) electrons. The molecule has 0 spiro atoms. The number of rotatable bonds is 18. The molecular weight excluding hydrogens is 980 g/mol. The number of aromatic nitrogens is 2. The Morgan fingerprint density at radius 1 is 0.800 bits per heavy atom. The van der Waals surface area contributed by atoms with Gasteiger partial charge in [-0.05, 0) is 98.5 Å². The molecule has 5 heterocycles. The first-order valence-corrected chi connectivity index (χ1v) is 27.3. The molecular formula is C56H72ClF2N11O5. The van der Waals surface area contributed by atoms with Crippen LogP contribution in [0.25, 0.3) is 0 Å². The van der Waals surface area contributed by atoms with Gasteiger partial charge in [-0.1, -0.05) is 48.9 Å². The molecule has 1 aromatic heterocycles. The number of piperidine rings is 2. The van der Waals surface area contributed by atoms with E-state index in [1.165, 1.54) is 18.5 Å². The number of likely N-dealkylation sites (tertiary alicyclic amines) is 2. The maximum Gasteiger partial charge on any atom is 0.253 e. The highest BCUT2D eigenvalue weighted by molar-refractivity contribution is 6.30. The van der Waals surface area contributed by atoms with Crippen LogP contribution in [0.15, 0.2) is 73.1 Å². The maximum atomic E-state index is 14.1. The summed E-state index contributed by atoms with van der Waals surface area (Å²) in [5, 5.41) is 20.6. The van der Waals surface area contributed by atoms with E-state index in [1.807, 2.05) is 63.2 Å².